The summed E-state index contributed by atoms with van der Waals surface area (Å²) in [4.78, 5) is 17.4. The van der Waals surface area contributed by atoms with Crippen LogP contribution in [0, 0.1) is 6.92 Å². The second-order valence-electron chi connectivity index (χ2n) is 3.49. The number of H-pyrrole nitrogens is 1. The van der Waals surface area contributed by atoms with Gasteiger partial charge in [0.05, 0.1) is 6.54 Å². The van der Waals surface area contributed by atoms with E-state index < -0.39 is 6.10 Å². The molecule has 0 aliphatic carbocycles. The van der Waals surface area contributed by atoms with E-state index in [1.165, 1.54) is 12.0 Å². The van der Waals surface area contributed by atoms with Gasteiger partial charge in [0.1, 0.15) is 11.9 Å². The SMILES string of the molecule is COC(CN)C(=O)N(C)Cc1n[nH]c(C)n1. The van der Waals surface area contributed by atoms with Crippen molar-refractivity contribution in [1.29, 1.82) is 0 Å². The van der Waals surface area contributed by atoms with E-state index in [-0.39, 0.29) is 12.5 Å². The van der Waals surface area contributed by atoms with Gasteiger partial charge in [0.25, 0.3) is 5.91 Å². The number of methoxy groups -OCH3 is 1. The number of nitrogens with zero attached hydrogens (tertiary/aromatic N) is 3. The van der Waals surface area contributed by atoms with E-state index in [1.54, 1.807) is 14.0 Å². The van der Waals surface area contributed by atoms with Crippen molar-refractivity contribution < 1.29 is 9.53 Å². The molecule has 1 aromatic heterocycles. The average molecular weight is 227 g/mol. The Kier molecular flexibility index (Phi) is 4.39. The van der Waals surface area contributed by atoms with Gasteiger partial charge in [-0.1, -0.05) is 0 Å². The van der Waals surface area contributed by atoms with Gasteiger partial charge in [0.2, 0.25) is 0 Å². The number of likely N-dealkylation sites (N-methyl/N-ethyl adjacent to an activating group) is 1. The van der Waals surface area contributed by atoms with Crippen LogP contribution < -0.4 is 5.73 Å². The molecular formula is C9H17N5O2. The van der Waals surface area contributed by atoms with Gasteiger partial charge in [0.15, 0.2) is 5.82 Å². The average Bonchev–Trinajstić information content (AvgIpc) is 2.65. The van der Waals surface area contributed by atoms with Crippen molar-refractivity contribution in [2.45, 2.75) is 19.6 Å². The number of ether oxygens (including phenoxy) is 1. The molecule has 0 spiro atoms. The number of rotatable bonds is 5. The van der Waals surface area contributed by atoms with Crippen LogP contribution in [0.1, 0.15) is 11.6 Å². The van der Waals surface area contributed by atoms with Crippen LogP contribution in [0.3, 0.4) is 0 Å². The monoisotopic (exact) mass is 227 g/mol. The lowest BCUT2D eigenvalue weighted by Crippen LogP contribution is -2.41. The number of aryl methyl sites for hydroxylation is 1. The van der Waals surface area contributed by atoms with Crippen molar-refractivity contribution in [3.63, 3.8) is 0 Å². The Hall–Kier alpha value is -1.47. The molecule has 1 rings (SSSR count). The summed E-state index contributed by atoms with van der Waals surface area (Å²) in [6.07, 6.45) is -0.606. The zero-order chi connectivity index (χ0) is 12.1. The molecule has 0 saturated heterocycles. The summed E-state index contributed by atoms with van der Waals surface area (Å²) in [6, 6.07) is 0. The third-order valence-electron chi connectivity index (χ3n) is 2.17. The van der Waals surface area contributed by atoms with Crippen molar-refractivity contribution in [3.8, 4) is 0 Å². The fourth-order valence-corrected chi connectivity index (χ4v) is 1.29. The van der Waals surface area contributed by atoms with E-state index in [1.807, 2.05) is 0 Å². The molecule has 1 aromatic rings. The van der Waals surface area contributed by atoms with Gasteiger partial charge in [-0.15, -0.1) is 0 Å². The van der Waals surface area contributed by atoms with Crippen LogP contribution in [0.15, 0.2) is 0 Å². The Morgan fingerprint density at radius 2 is 2.38 bits per heavy atom. The number of amides is 1. The minimum Gasteiger partial charge on any atom is -0.370 e. The number of nitrogens with one attached hydrogen (secondary N) is 1. The molecule has 3 N–H and O–H groups in total. The number of hydrogen-bond donors (Lipinski definition) is 2. The molecule has 0 bridgehead atoms. The van der Waals surface area contributed by atoms with E-state index in [0.717, 1.165) is 5.82 Å². The molecule has 1 amide bonds. The summed E-state index contributed by atoms with van der Waals surface area (Å²) >= 11 is 0. The number of hydrogen-bond acceptors (Lipinski definition) is 5. The predicted octanol–water partition coefficient (Wildman–Crippen LogP) is -0.955. The van der Waals surface area contributed by atoms with Gasteiger partial charge < -0.3 is 15.4 Å². The van der Waals surface area contributed by atoms with Crippen molar-refractivity contribution in [2.24, 2.45) is 5.73 Å². The highest BCUT2D eigenvalue weighted by atomic mass is 16.5. The highest BCUT2D eigenvalue weighted by molar-refractivity contribution is 5.80. The Morgan fingerprint density at radius 3 is 2.81 bits per heavy atom. The van der Waals surface area contributed by atoms with Crippen LogP contribution in [0.2, 0.25) is 0 Å². The largest absolute Gasteiger partial charge is 0.370 e. The lowest BCUT2D eigenvalue weighted by Gasteiger charge is -2.20. The molecule has 0 saturated carbocycles. The second kappa shape index (κ2) is 5.57. The first kappa shape index (κ1) is 12.6. The molecule has 0 radical (unpaired) electrons. The third-order valence-corrected chi connectivity index (χ3v) is 2.17. The van der Waals surface area contributed by atoms with Crippen LogP contribution in [-0.4, -0.2) is 52.8 Å². The molecule has 7 heteroatoms. The van der Waals surface area contributed by atoms with Gasteiger partial charge in [0, 0.05) is 20.7 Å². The van der Waals surface area contributed by atoms with E-state index in [0.29, 0.717) is 12.4 Å². The molecule has 1 atom stereocenters. The summed E-state index contributed by atoms with van der Waals surface area (Å²) in [7, 11) is 3.12. The summed E-state index contributed by atoms with van der Waals surface area (Å²) in [5.41, 5.74) is 5.41. The van der Waals surface area contributed by atoms with Gasteiger partial charge in [-0.05, 0) is 6.92 Å². The smallest absolute Gasteiger partial charge is 0.253 e. The molecule has 7 nitrogen and oxygen atoms in total. The first-order valence-corrected chi connectivity index (χ1v) is 4.94. The number of carbonyl (C=O) groups is 1. The van der Waals surface area contributed by atoms with Crippen LogP contribution in [-0.2, 0) is 16.1 Å². The van der Waals surface area contributed by atoms with E-state index in [9.17, 15) is 4.79 Å². The topological polar surface area (TPSA) is 97.1 Å². The van der Waals surface area contributed by atoms with Crippen molar-refractivity contribution in [1.82, 2.24) is 20.1 Å². The molecule has 16 heavy (non-hydrogen) atoms. The maximum absolute atomic E-state index is 11.8. The van der Waals surface area contributed by atoms with Crippen molar-refractivity contribution >= 4 is 5.91 Å². The molecule has 0 aliphatic heterocycles. The summed E-state index contributed by atoms with van der Waals surface area (Å²) in [5.74, 6) is 1.12. The van der Waals surface area contributed by atoms with Crippen molar-refractivity contribution in [3.05, 3.63) is 11.6 Å². The highest BCUT2D eigenvalue weighted by Gasteiger charge is 2.20. The molecule has 0 aliphatic rings. The second-order valence-corrected chi connectivity index (χ2v) is 3.49. The van der Waals surface area contributed by atoms with E-state index in [4.69, 9.17) is 10.5 Å². The van der Waals surface area contributed by atoms with Gasteiger partial charge in [-0.25, -0.2) is 4.98 Å². The predicted molar refractivity (Wildman–Crippen MR) is 57.4 cm³/mol. The van der Waals surface area contributed by atoms with Crippen LogP contribution in [0.25, 0.3) is 0 Å². The minimum atomic E-state index is -0.606. The Bertz CT molecular complexity index is 347. The maximum Gasteiger partial charge on any atom is 0.253 e. The lowest BCUT2D eigenvalue weighted by molar-refractivity contribution is -0.140. The molecule has 1 heterocycles. The van der Waals surface area contributed by atoms with Gasteiger partial charge in [-0.2, -0.15) is 5.10 Å². The summed E-state index contributed by atoms with van der Waals surface area (Å²) < 4.78 is 4.96. The van der Waals surface area contributed by atoms with Crippen LogP contribution in [0.4, 0.5) is 0 Å². The standard InChI is InChI=1S/C9H17N5O2/c1-6-11-8(13-12-6)5-14(2)9(15)7(4-10)16-3/h7H,4-5,10H2,1-3H3,(H,11,12,13). The molecule has 0 fully saturated rings. The van der Waals surface area contributed by atoms with E-state index >= 15 is 0 Å². The Balaban J connectivity index is 2.57. The van der Waals surface area contributed by atoms with Gasteiger partial charge in [-0.3, -0.25) is 9.89 Å². The van der Waals surface area contributed by atoms with E-state index in [2.05, 4.69) is 15.2 Å². The normalized spacial score (nSPS) is 12.5. The Morgan fingerprint density at radius 1 is 1.69 bits per heavy atom. The number of nitrogens with two attached hydrogens (primary N) is 1. The highest BCUT2D eigenvalue weighted by Crippen LogP contribution is 2.01. The summed E-state index contributed by atoms with van der Waals surface area (Å²) in [5, 5.41) is 6.66. The van der Waals surface area contributed by atoms with Gasteiger partial charge >= 0.3 is 0 Å². The third kappa shape index (κ3) is 3.01. The molecular weight excluding hydrogens is 210 g/mol. The van der Waals surface area contributed by atoms with Crippen LogP contribution >= 0.6 is 0 Å². The van der Waals surface area contributed by atoms with Crippen LogP contribution in [0.5, 0.6) is 0 Å². The first-order valence-electron chi connectivity index (χ1n) is 4.94. The Labute approximate surface area is 94.0 Å². The number of aromatic nitrogens is 3. The quantitative estimate of drug-likeness (QED) is 0.675. The molecule has 1 unspecified atom stereocenters. The number of aromatic amines is 1. The molecule has 0 aromatic carbocycles. The van der Waals surface area contributed by atoms with Crippen molar-refractivity contribution in [2.75, 3.05) is 20.7 Å². The maximum atomic E-state index is 11.8. The summed E-state index contributed by atoms with van der Waals surface area (Å²) in [6.45, 7) is 2.30. The lowest BCUT2D eigenvalue weighted by atomic mass is 10.3. The molecule has 90 valence electrons. The minimum absolute atomic E-state index is 0.159. The fraction of sp³-hybridized carbons (Fsp3) is 0.667. The zero-order valence-corrected chi connectivity index (χ0v) is 9.73. The fourth-order valence-electron chi connectivity index (χ4n) is 1.29. The zero-order valence-electron chi connectivity index (χ0n) is 9.73. The first-order chi connectivity index (χ1) is 7.58. The number of carbonyl (C=O) groups excluding carboxylic acids is 1.